The van der Waals surface area contributed by atoms with Crippen LogP contribution in [-0.2, 0) is 6.54 Å². The first-order valence-electron chi connectivity index (χ1n) is 9.60. The fraction of sp³-hybridized carbons (Fsp3) is 0.429. The number of hydrogen-bond donors (Lipinski definition) is 2. The van der Waals surface area contributed by atoms with Crippen LogP contribution < -0.4 is 20.3 Å². The van der Waals surface area contributed by atoms with Crippen LogP contribution in [0, 0.1) is 5.82 Å². The standard InChI is InChI=1S/C21H30FN5O.HI/c1-5-17(28-19-12-8-7-11-18(19)22)15-25-21(23-6-2)24-14-16-10-9-13-20(26-16)27(3)4;/h7-13,17H,5-6,14-15H2,1-4H3,(H2,23,24,25);1H. The Bertz CT molecular complexity index is 772. The van der Waals surface area contributed by atoms with Crippen molar-refractivity contribution < 1.29 is 9.13 Å². The minimum absolute atomic E-state index is 0. The van der Waals surface area contributed by atoms with E-state index in [4.69, 9.17) is 4.74 Å². The molecule has 8 heteroatoms. The number of pyridine rings is 1. The van der Waals surface area contributed by atoms with Gasteiger partial charge in [-0.3, -0.25) is 0 Å². The van der Waals surface area contributed by atoms with E-state index in [1.165, 1.54) is 6.07 Å². The van der Waals surface area contributed by atoms with Gasteiger partial charge in [-0.2, -0.15) is 0 Å². The maximum absolute atomic E-state index is 13.8. The molecule has 1 aromatic carbocycles. The molecular weight excluding hydrogens is 484 g/mol. The second kappa shape index (κ2) is 13.2. The first kappa shape index (κ1) is 24.9. The smallest absolute Gasteiger partial charge is 0.191 e. The van der Waals surface area contributed by atoms with E-state index < -0.39 is 0 Å². The second-order valence-corrected chi connectivity index (χ2v) is 6.54. The summed E-state index contributed by atoms with van der Waals surface area (Å²) in [6.07, 6.45) is 0.573. The molecule has 0 aliphatic heterocycles. The van der Waals surface area contributed by atoms with Crippen molar-refractivity contribution in [3.8, 4) is 5.75 Å². The van der Waals surface area contributed by atoms with Crippen molar-refractivity contribution in [2.45, 2.75) is 32.9 Å². The van der Waals surface area contributed by atoms with Crippen LogP contribution in [0.3, 0.4) is 0 Å². The fourth-order valence-electron chi connectivity index (χ4n) is 2.51. The van der Waals surface area contributed by atoms with Gasteiger partial charge in [0, 0.05) is 20.6 Å². The molecule has 1 atom stereocenters. The Morgan fingerprint density at radius 1 is 1.14 bits per heavy atom. The minimum atomic E-state index is -0.353. The van der Waals surface area contributed by atoms with Crippen molar-refractivity contribution in [3.63, 3.8) is 0 Å². The highest BCUT2D eigenvalue weighted by Gasteiger charge is 2.12. The van der Waals surface area contributed by atoms with E-state index in [2.05, 4.69) is 20.6 Å². The Labute approximate surface area is 190 Å². The lowest BCUT2D eigenvalue weighted by Gasteiger charge is -2.20. The van der Waals surface area contributed by atoms with Gasteiger partial charge in [0.1, 0.15) is 11.9 Å². The number of aliphatic imine (C=N–C) groups is 1. The van der Waals surface area contributed by atoms with Crippen LogP contribution >= 0.6 is 24.0 Å². The number of rotatable bonds is 9. The highest BCUT2D eigenvalue weighted by Crippen LogP contribution is 2.17. The van der Waals surface area contributed by atoms with E-state index in [0.29, 0.717) is 19.0 Å². The fourth-order valence-corrected chi connectivity index (χ4v) is 2.51. The third kappa shape index (κ3) is 8.43. The molecule has 0 aliphatic rings. The van der Waals surface area contributed by atoms with Crippen molar-refractivity contribution in [3.05, 3.63) is 54.0 Å². The number of benzene rings is 1. The largest absolute Gasteiger partial charge is 0.486 e. The molecule has 0 fully saturated rings. The van der Waals surface area contributed by atoms with E-state index in [9.17, 15) is 4.39 Å². The highest BCUT2D eigenvalue weighted by atomic mass is 127. The van der Waals surface area contributed by atoms with Crippen molar-refractivity contribution in [1.29, 1.82) is 0 Å². The summed E-state index contributed by atoms with van der Waals surface area (Å²) in [4.78, 5) is 11.1. The predicted octanol–water partition coefficient (Wildman–Crippen LogP) is 3.82. The zero-order chi connectivity index (χ0) is 20.4. The van der Waals surface area contributed by atoms with Crippen molar-refractivity contribution in [2.75, 3.05) is 32.1 Å². The summed E-state index contributed by atoms with van der Waals surface area (Å²) in [5.74, 6) is 1.49. The Kier molecular flexibility index (Phi) is 11.3. The summed E-state index contributed by atoms with van der Waals surface area (Å²) in [6.45, 7) is 5.73. The molecule has 0 saturated heterocycles. The molecule has 0 bridgehead atoms. The number of halogens is 2. The highest BCUT2D eigenvalue weighted by molar-refractivity contribution is 14.0. The first-order valence-corrected chi connectivity index (χ1v) is 9.60. The second-order valence-electron chi connectivity index (χ2n) is 6.54. The van der Waals surface area contributed by atoms with E-state index in [0.717, 1.165) is 24.5 Å². The molecule has 1 heterocycles. The summed E-state index contributed by atoms with van der Waals surface area (Å²) in [5.41, 5.74) is 0.887. The van der Waals surface area contributed by atoms with Gasteiger partial charge >= 0.3 is 0 Å². The molecule has 1 unspecified atom stereocenters. The number of para-hydroxylation sites is 1. The van der Waals surface area contributed by atoms with E-state index in [1.807, 2.05) is 51.0 Å². The van der Waals surface area contributed by atoms with E-state index in [-0.39, 0.29) is 41.6 Å². The summed E-state index contributed by atoms with van der Waals surface area (Å²) in [6, 6.07) is 12.3. The Balaban J connectivity index is 0.00000420. The van der Waals surface area contributed by atoms with Crippen LogP contribution in [0.5, 0.6) is 5.75 Å². The van der Waals surface area contributed by atoms with Gasteiger partial charge in [-0.05, 0) is 37.6 Å². The van der Waals surface area contributed by atoms with Gasteiger partial charge in [-0.25, -0.2) is 14.4 Å². The molecule has 1 aromatic heterocycles. The predicted molar refractivity (Wildman–Crippen MR) is 128 cm³/mol. The van der Waals surface area contributed by atoms with Crippen molar-refractivity contribution in [1.82, 2.24) is 15.6 Å². The molecule has 160 valence electrons. The molecule has 0 aliphatic carbocycles. The molecular formula is C21H31FIN5O. The van der Waals surface area contributed by atoms with Gasteiger partial charge in [0.15, 0.2) is 17.5 Å². The summed E-state index contributed by atoms with van der Waals surface area (Å²) < 4.78 is 19.6. The number of hydrogen-bond acceptors (Lipinski definition) is 4. The number of guanidine groups is 1. The monoisotopic (exact) mass is 515 g/mol. The molecule has 0 amide bonds. The van der Waals surface area contributed by atoms with Crippen LogP contribution in [0.4, 0.5) is 10.2 Å². The van der Waals surface area contributed by atoms with Gasteiger partial charge in [-0.1, -0.05) is 25.1 Å². The zero-order valence-electron chi connectivity index (χ0n) is 17.5. The van der Waals surface area contributed by atoms with Gasteiger partial charge < -0.3 is 20.3 Å². The topological polar surface area (TPSA) is 61.8 Å². The summed E-state index contributed by atoms with van der Waals surface area (Å²) in [7, 11) is 3.92. The number of aromatic nitrogens is 1. The Morgan fingerprint density at radius 2 is 1.90 bits per heavy atom. The van der Waals surface area contributed by atoms with Crippen LogP contribution in [0.15, 0.2) is 47.5 Å². The van der Waals surface area contributed by atoms with E-state index in [1.54, 1.807) is 18.2 Å². The number of anilines is 1. The summed E-state index contributed by atoms with van der Waals surface area (Å²) >= 11 is 0. The minimum Gasteiger partial charge on any atom is -0.486 e. The van der Waals surface area contributed by atoms with Crippen LogP contribution in [0.1, 0.15) is 26.0 Å². The summed E-state index contributed by atoms with van der Waals surface area (Å²) in [5, 5.41) is 6.49. The number of ether oxygens (including phenoxy) is 1. The molecule has 2 aromatic rings. The third-order valence-corrected chi connectivity index (χ3v) is 4.08. The van der Waals surface area contributed by atoms with Crippen molar-refractivity contribution >= 4 is 35.8 Å². The average molecular weight is 515 g/mol. The third-order valence-electron chi connectivity index (χ3n) is 4.08. The molecule has 0 saturated carbocycles. The van der Waals surface area contributed by atoms with Gasteiger partial charge in [0.05, 0.1) is 18.8 Å². The lowest BCUT2D eigenvalue weighted by atomic mass is 10.2. The first-order chi connectivity index (χ1) is 13.5. The number of nitrogens with zero attached hydrogens (tertiary/aromatic N) is 3. The van der Waals surface area contributed by atoms with Crippen LogP contribution in [0.25, 0.3) is 0 Å². The molecule has 0 spiro atoms. The van der Waals surface area contributed by atoms with Crippen molar-refractivity contribution in [2.24, 2.45) is 4.99 Å². The molecule has 6 nitrogen and oxygen atoms in total. The Morgan fingerprint density at radius 3 is 2.55 bits per heavy atom. The maximum atomic E-state index is 13.8. The SMILES string of the molecule is CCNC(=NCc1cccc(N(C)C)n1)NCC(CC)Oc1ccccc1F.I. The van der Waals surface area contributed by atoms with Gasteiger partial charge in [0.2, 0.25) is 0 Å². The number of nitrogens with one attached hydrogen (secondary N) is 2. The van der Waals surface area contributed by atoms with Crippen LogP contribution in [0.2, 0.25) is 0 Å². The average Bonchev–Trinajstić information content (AvgIpc) is 2.70. The molecule has 0 radical (unpaired) electrons. The molecule has 29 heavy (non-hydrogen) atoms. The lowest BCUT2D eigenvalue weighted by Crippen LogP contribution is -2.42. The van der Waals surface area contributed by atoms with E-state index >= 15 is 0 Å². The van der Waals surface area contributed by atoms with Gasteiger partial charge in [0.25, 0.3) is 0 Å². The maximum Gasteiger partial charge on any atom is 0.191 e. The van der Waals surface area contributed by atoms with Gasteiger partial charge in [-0.15, -0.1) is 24.0 Å². The Hall–Kier alpha value is -2.10. The molecule has 2 rings (SSSR count). The zero-order valence-corrected chi connectivity index (χ0v) is 19.8. The normalized spacial score (nSPS) is 12.0. The molecule has 2 N–H and O–H groups in total. The lowest BCUT2D eigenvalue weighted by molar-refractivity contribution is 0.191. The quantitative estimate of drug-likeness (QED) is 0.302. The van der Waals surface area contributed by atoms with Crippen LogP contribution in [-0.4, -0.2) is 44.2 Å².